The lowest BCUT2D eigenvalue weighted by Gasteiger charge is -2.41. The molecular formula is C32H54F2O3. The summed E-state index contributed by atoms with van der Waals surface area (Å²) in [7, 11) is 0. The summed E-state index contributed by atoms with van der Waals surface area (Å²) in [5.41, 5.74) is 0. The molecule has 0 aromatic rings. The first kappa shape index (κ1) is 29.5. The van der Waals surface area contributed by atoms with Crippen LogP contribution in [0.3, 0.4) is 0 Å². The molecule has 1 saturated heterocycles. The number of hydrogen-bond acceptors (Lipinski definition) is 3. The van der Waals surface area contributed by atoms with Crippen molar-refractivity contribution >= 4 is 0 Å². The molecule has 0 aromatic heterocycles. The molecular weight excluding hydrogens is 470 g/mol. The van der Waals surface area contributed by atoms with Crippen LogP contribution in [0.15, 0.2) is 12.2 Å². The Kier molecular flexibility index (Phi) is 12.7. The Morgan fingerprint density at radius 1 is 0.676 bits per heavy atom. The van der Waals surface area contributed by atoms with Crippen molar-refractivity contribution in [3.63, 3.8) is 0 Å². The number of rotatable bonds is 12. The molecule has 1 aliphatic heterocycles. The van der Waals surface area contributed by atoms with Crippen molar-refractivity contribution in [2.75, 3.05) is 19.8 Å². The quantitative estimate of drug-likeness (QED) is 0.238. The second kappa shape index (κ2) is 15.9. The summed E-state index contributed by atoms with van der Waals surface area (Å²) < 4.78 is 41.0. The minimum Gasteiger partial charge on any atom is -0.373 e. The van der Waals surface area contributed by atoms with Gasteiger partial charge in [-0.2, -0.15) is 8.78 Å². The van der Waals surface area contributed by atoms with Crippen LogP contribution in [0.2, 0.25) is 0 Å². The number of ether oxygens (including phenoxy) is 3. The summed E-state index contributed by atoms with van der Waals surface area (Å²) >= 11 is 0. The van der Waals surface area contributed by atoms with Crippen molar-refractivity contribution in [2.24, 2.45) is 35.5 Å². The van der Waals surface area contributed by atoms with E-state index < -0.39 is 12.4 Å². The molecule has 5 heteroatoms. The van der Waals surface area contributed by atoms with Gasteiger partial charge in [0, 0.05) is 12.7 Å². The van der Waals surface area contributed by atoms with Crippen molar-refractivity contribution in [1.82, 2.24) is 0 Å². The van der Waals surface area contributed by atoms with Crippen molar-refractivity contribution in [2.45, 2.75) is 135 Å². The summed E-state index contributed by atoms with van der Waals surface area (Å²) in [4.78, 5) is 0. The molecule has 214 valence electrons. The normalized spacial score (nSPS) is 37.3. The van der Waals surface area contributed by atoms with Gasteiger partial charge >= 0.3 is 0 Å². The molecule has 0 N–H and O–H groups in total. The first-order valence-corrected chi connectivity index (χ1v) is 16.0. The van der Waals surface area contributed by atoms with Crippen LogP contribution >= 0.6 is 0 Å². The molecule has 37 heavy (non-hydrogen) atoms. The molecule has 0 bridgehead atoms. The third-order valence-corrected chi connectivity index (χ3v) is 10.4. The van der Waals surface area contributed by atoms with E-state index in [1.54, 1.807) is 0 Å². The van der Waals surface area contributed by atoms with Crippen molar-refractivity contribution in [3.05, 3.63) is 12.2 Å². The van der Waals surface area contributed by atoms with Gasteiger partial charge in [0.05, 0.1) is 13.2 Å². The molecule has 1 heterocycles. The van der Waals surface area contributed by atoms with Gasteiger partial charge in [-0.05, 0) is 99.7 Å². The van der Waals surface area contributed by atoms with Gasteiger partial charge < -0.3 is 14.2 Å². The third kappa shape index (κ3) is 9.87. The minimum atomic E-state index is -1.77. The van der Waals surface area contributed by atoms with Crippen LogP contribution in [-0.4, -0.2) is 32.2 Å². The molecule has 0 unspecified atom stereocenters. The predicted octanol–water partition coefficient (Wildman–Crippen LogP) is 9.30. The fraction of sp³-hybridized carbons (Fsp3) is 0.938. The molecule has 4 rings (SSSR count). The van der Waals surface area contributed by atoms with Gasteiger partial charge in [0.25, 0.3) is 6.08 Å². The van der Waals surface area contributed by atoms with Crippen molar-refractivity contribution < 1.29 is 23.0 Å². The zero-order chi connectivity index (χ0) is 25.9. The average Bonchev–Trinajstić information content (AvgIpc) is 2.93. The summed E-state index contributed by atoms with van der Waals surface area (Å²) in [6.45, 7) is 3.67. The van der Waals surface area contributed by atoms with Crippen LogP contribution in [0.1, 0.15) is 122 Å². The molecule has 4 aliphatic rings. The van der Waals surface area contributed by atoms with Crippen molar-refractivity contribution in [3.8, 4) is 0 Å². The SMILES string of the molecule is CCCCCC1CCC(C2CCC(C3CCC(CCCOC4COC(C=C(F)F)OC4)CC3)CC2)CC1. The van der Waals surface area contributed by atoms with Gasteiger partial charge in [-0.3, -0.25) is 0 Å². The van der Waals surface area contributed by atoms with Crippen LogP contribution < -0.4 is 0 Å². The van der Waals surface area contributed by atoms with E-state index in [4.69, 9.17) is 14.2 Å². The van der Waals surface area contributed by atoms with E-state index in [1.807, 2.05) is 0 Å². The van der Waals surface area contributed by atoms with Crippen LogP contribution in [0.4, 0.5) is 8.78 Å². The summed E-state index contributed by atoms with van der Waals surface area (Å²) in [6, 6.07) is 0. The maximum atomic E-state index is 12.3. The standard InChI is InChI=1S/C32H54F2O3/c1-2-3-4-6-24-8-12-26(13-9-24)28-16-18-29(19-17-28)27-14-10-25(11-15-27)7-5-20-35-30-22-36-32(37-23-30)21-31(33)34/h21,24-30,32H,2-20,22-23H2,1H3. The maximum absolute atomic E-state index is 12.3. The number of halogens is 2. The lowest BCUT2D eigenvalue weighted by atomic mass is 9.64. The topological polar surface area (TPSA) is 27.7 Å². The molecule has 4 fully saturated rings. The Morgan fingerprint density at radius 3 is 1.59 bits per heavy atom. The fourth-order valence-corrected chi connectivity index (χ4v) is 8.09. The maximum Gasteiger partial charge on any atom is 0.271 e. The summed E-state index contributed by atoms with van der Waals surface area (Å²) in [6.07, 6.45) is 23.7. The molecule has 0 spiro atoms. The predicted molar refractivity (Wildman–Crippen MR) is 145 cm³/mol. The minimum absolute atomic E-state index is 0.140. The molecule has 0 aromatic carbocycles. The smallest absolute Gasteiger partial charge is 0.271 e. The lowest BCUT2D eigenvalue weighted by molar-refractivity contribution is -0.206. The zero-order valence-corrected chi connectivity index (χ0v) is 23.5. The molecule has 3 saturated carbocycles. The van der Waals surface area contributed by atoms with E-state index in [9.17, 15) is 8.78 Å². The highest BCUT2D eigenvalue weighted by molar-refractivity contribution is 4.87. The van der Waals surface area contributed by atoms with Crippen LogP contribution in [0.5, 0.6) is 0 Å². The van der Waals surface area contributed by atoms with Crippen LogP contribution in [0.25, 0.3) is 0 Å². The van der Waals surface area contributed by atoms with Crippen molar-refractivity contribution in [1.29, 1.82) is 0 Å². The highest BCUT2D eigenvalue weighted by Crippen LogP contribution is 2.46. The van der Waals surface area contributed by atoms with E-state index in [2.05, 4.69) is 6.92 Å². The highest BCUT2D eigenvalue weighted by atomic mass is 19.3. The van der Waals surface area contributed by atoms with E-state index >= 15 is 0 Å². The van der Waals surface area contributed by atoms with Gasteiger partial charge in [0.2, 0.25) is 0 Å². The fourth-order valence-electron chi connectivity index (χ4n) is 8.09. The van der Waals surface area contributed by atoms with Gasteiger partial charge in [-0.1, -0.05) is 58.3 Å². The van der Waals surface area contributed by atoms with E-state index in [0.29, 0.717) is 25.9 Å². The largest absolute Gasteiger partial charge is 0.373 e. The van der Waals surface area contributed by atoms with E-state index in [-0.39, 0.29) is 6.10 Å². The second-order valence-corrected chi connectivity index (χ2v) is 12.9. The first-order chi connectivity index (χ1) is 18.1. The molecule has 3 aliphatic carbocycles. The molecule has 0 amide bonds. The highest BCUT2D eigenvalue weighted by Gasteiger charge is 2.34. The van der Waals surface area contributed by atoms with E-state index in [0.717, 1.165) is 41.9 Å². The Balaban J connectivity index is 1.02. The number of hydrogen-bond donors (Lipinski definition) is 0. The lowest BCUT2D eigenvalue weighted by Crippen LogP contribution is -2.36. The Hall–Kier alpha value is -0.520. The Labute approximate surface area is 225 Å². The zero-order valence-electron chi connectivity index (χ0n) is 23.5. The monoisotopic (exact) mass is 524 g/mol. The summed E-state index contributed by atoms with van der Waals surface area (Å²) in [5, 5.41) is 0. The molecule has 0 radical (unpaired) electrons. The van der Waals surface area contributed by atoms with Gasteiger partial charge in [0.1, 0.15) is 6.10 Å². The first-order valence-electron chi connectivity index (χ1n) is 16.0. The van der Waals surface area contributed by atoms with Crippen LogP contribution in [-0.2, 0) is 14.2 Å². The number of unbranched alkanes of at least 4 members (excludes halogenated alkanes) is 2. The second-order valence-electron chi connectivity index (χ2n) is 12.9. The third-order valence-electron chi connectivity index (χ3n) is 10.4. The van der Waals surface area contributed by atoms with Crippen LogP contribution in [0, 0.1) is 35.5 Å². The van der Waals surface area contributed by atoms with Gasteiger partial charge in [0.15, 0.2) is 6.29 Å². The summed E-state index contributed by atoms with van der Waals surface area (Å²) in [5.74, 6) is 5.96. The average molecular weight is 525 g/mol. The van der Waals surface area contributed by atoms with Gasteiger partial charge in [-0.15, -0.1) is 0 Å². The molecule has 0 atom stereocenters. The van der Waals surface area contributed by atoms with Gasteiger partial charge in [-0.25, -0.2) is 0 Å². The van der Waals surface area contributed by atoms with E-state index in [1.165, 1.54) is 109 Å². The molecule has 3 nitrogen and oxygen atoms in total. The Morgan fingerprint density at radius 2 is 1.14 bits per heavy atom. The Bertz CT molecular complexity index is 634.